The molecule has 1 aromatic heterocycles. The van der Waals surface area contributed by atoms with Gasteiger partial charge in [0.1, 0.15) is 17.3 Å². The molecule has 0 saturated heterocycles. The van der Waals surface area contributed by atoms with E-state index in [1.807, 2.05) is 5.43 Å². The average molecular weight is 268 g/mol. The van der Waals surface area contributed by atoms with Crippen LogP contribution in [0.3, 0.4) is 0 Å². The minimum atomic E-state index is -0.580. The average Bonchev–Trinajstić information content (AvgIpc) is 2.81. The number of aromatic nitrogens is 1. The lowest BCUT2D eigenvalue weighted by Crippen LogP contribution is -2.30. The van der Waals surface area contributed by atoms with Gasteiger partial charge in [0, 0.05) is 11.4 Å². The third kappa shape index (κ3) is 2.55. The molecule has 0 aliphatic rings. The van der Waals surface area contributed by atoms with Crippen LogP contribution < -0.4 is 21.7 Å². The SMILES string of the molecule is NNC(=O)c1csc(Oc2ccc(N)c(F)c2)n1. The highest BCUT2D eigenvalue weighted by Crippen LogP contribution is 2.27. The van der Waals surface area contributed by atoms with Crippen molar-refractivity contribution < 1.29 is 13.9 Å². The third-order valence-electron chi connectivity index (χ3n) is 2.02. The summed E-state index contributed by atoms with van der Waals surface area (Å²) in [6, 6.07) is 4.02. The molecule has 0 spiro atoms. The standard InChI is InChI=1S/C10H9FN4O2S/c11-6-3-5(1-2-7(6)12)17-10-14-8(4-18-10)9(16)15-13/h1-4H,12-13H2,(H,15,16). The van der Waals surface area contributed by atoms with Gasteiger partial charge in [-0.2, -0.15) is 4.98 Å². The fourth-order valence-electron chi connectivity index (χ4n) is 1.15. The molecule has 0 saturated carbocycles. The number of ether oxygens (including phenoxy) is 1. The molecule has 2 aromatic rings. The summed E-state index contributed by atoms with van der Waals surface area (Å²) < 4.78 is 18.4. The molecule has 0 radical (unpaired) electrons. The van der Waals surface area contributed by atoms with E-state index in [9.17, 15) is 9.18 Å². The molecule has 0 fully saturated rings. The first-order valence-corrected chi connectivity index (χ1v) is 5.67. The first kappa shape index (κ1) is 12.3. The van der Waals surface area contributed by atoms with E-state index in [0.717, 1.165) is 17.4 Å². The second kappa shape index (κ2) is 4.98. The molecule has 1 amide bonds. The van der Waals surface area contributed by atoms with E-state index >= 15 is 0 Å². The van der Waals surface area contributed by atoms with Crippen molar-refractivity contribution in [2.24, 2.45) is 5.84 Å². The Morgan fingerprint density at radius 2 is 2.28 bits per heavy atom. The second-order valence-corrected chi connectivity index (χ2v) is 4.08. The minimum Gasteiger partial charge on any atom is -0.431 e. The quantitative estimate of drug-likeness (QED) is 0.336. The molecule has 5 N–H and O–H groups in total. The smallest absolute Gasteiger partial charge is 0.284 e. The lowest BCUT2D eigenvalue weighted by atomic mass is 10.3. The molecule has 0 unspecified atom stereocenters. The number of benzene rings is 1. The van der Waals surface area contributed by atoms with Gasteiger partial charge in [-0.05, 0) is 12.1 Å². The summed E-state index contributed by atoms with van der Waals surface area (Å²) in [5.74, 6) is 4.11. The van der Waals surface area contributed by atoms with E-state index in [1.165, 1.54) is 17.5 Å². The molecule has 0 aliphatic heterocycles. The zero-order valence-electron chi connectivity index (χ0n) is 9.01. The molecule has 8 heteroatoms. The summed E-state index contributed by atoms with van der Waals surface area (Å²) in [5.41, 5.74) is 7.45. The second-order valence-electron chi connectivity index (χ2n) is 3.26. The molecule has 18 heavy (non-hydrogen) atoms. The highest BCUT2D eigenvalue weighted by Gasteiger charge is 2.11. The Hall–Kier alpha value is -2.19. The summed E-state index contributed by atoms with van der Waals surface area (Å²) in [6.45, 7) is 0. The van der Waals surface area contributed by atoms with Gasteiger partial charge in [0.2, 0.25) is 0 Å². The van der Waals surface area contributed by atoms with E-state index in [1.54, 1.807) is 0 Å². The van der Waals surface area contributed by atoms with Gasteiger partial charge in [0.25, 0.3) is 11.1 Å². The number of nitrogen functional groups attached to an aromatic ring is 2. The van der Waals surface area contributed by atoms with E-state index < -0.39 is 11.7 Å². The number of nitrogens with one attached hydrogen (secondary N) is 1. The van der Waals surface area contributed by atoms with Crippen molar-refractivity contribution in [3.8, 4) is 10.9 Å². The number of thiazole rings is 1. The Bertz CT molecular complexity index is 587. The molecule has 94 valence electrons. The highest BCUT2D eigenvalue weighted by molar-refractivity contribution is 7.11. The van der Waals surface area contributed by atoms with Gasteiger partial charge >= 0.3 is 0 Å². The van der Waals surface area contributed by atoms with Crippen molar-refractivity contribution >= 4 is 22.9 Å². The lowest BCUT2D eigenvalue weighted by molar-refractivity contribution is 0.0949. The van der Waals surface area contributed by atoms with Crippen LogP contribution in [-0.4, -0.2) is 10.9 Å². The number of nitrogens with two attached hydrogens (primary N) is 2. The van der Waals surface area contributed by atoms with Crippen LogP contribution in [0.4, 0.5) is 10.1 Å². The molecule has 2 rings (SSSR count). The number of amides is 1. The Balaban J connectivity index is 2.16. The normalized spacial score (nSPS) is 10.1. The van der Waals surface area contributed by atoms with Crippen LogP contribution in [0.25, 0.3) is 0 Å². The van der Waals surface area contributed by atoms with Gasteiger partial charge in [0.15, 0.2) is 0 Å². The molecular formula is C10H9FN4O2S. The third-order valence-corrected chi connectivity index (χ3v) is 2.74. The van der Waals surface area contributed by atoms with Gasteiger partial charge in [0.05, 0.1) is 5.69 Å². The van der Waals surface area contributed by atoms with E-state index in [4.69, 9.17) is 16.3 Å². The summed E-state index contributed by atoms with van der Waals surface area (Å²) in [7, 11) is 0. The predicted molar refractivity (Wildman–Crippen MR) is 64.7 cm³/mol. The van der Waals surface area contributed by atoms with E-state index in [0.29, 0.717) is 0 Å². The van der Waals surface area contributed by atoms with Crippen molar-refractivity contribution in [1.82, 2.24) is 10.4 Å². The predicted octanol–water partition coefficient (Wildman–Crippen LogP) is 1.26. The molecule has 0 aliphatic carbocycles. The number of hydrogen-bond acceptors (Lipinski definition) is 6. The zero-order chi connectivity index (χ0) is 13.1. The van der Waals surface area contributed by atoms with E-state index in [2.05, 4.69) is 4.98 Å². The maximum Gasteiger partial charge on any atom is 0.284 e. The van der Waals surface area contributed by atoms with Crippen LogP contribution in [-0.2, 0) is 0 Å². The molecular weight excluding hydrogens is 259 g/mol. The number of hydrogen-bond donors (Lipinski definition) is 3. The Morgan fingerprint density at radius 1 is 1.50 bits per heavy atom. The number of hydrazine groups is 1. The summed E-state index contributed by atoms with van der Waals surface area (Å²) in [6.07, 6.45) is 0. The Kier molecular flexibility index (Phi) is 3.40. The Labute approximate surface area is 105 Å². The molecule has 0 atom stereocenters. The van der Waals surface area contributed by atoms with E-state index in [-0.39, 0.29) is 22.3 Å². The number of anilines is 1. The number of rotatable bonds is 3. The number of halogens is 1. The van der Waals surface area contributed by atoms with Gasteiger partial charge in [-0.1, -0.05) is 11.3 Å². The summed E-state index contributed by atoms with van der Waals surface area (Å²) in [5, 5.41) is 1.68. The lowest BCUT2D eigenvalue weighted by Gasteiger charge is -2.02. The maximum atomic E-state index is 13.2. The molecule has 0 bridgehead atoms. The fourth-order valence-corrected chi connectivity index (χ4v) is 1.82. The number of carbonyl (C=O) groups is 1. The van der Waals surface area contributed by atoms with Crippen molar-refractivity contribution in [2.75, 3.05) is 5.73 Å². The van der Waals surface area contributed by atoms with Crippen molar-refractivity contribution in [2.45, 2.75) is 0 Å². The molecule has 6 nitrogen and oxygen atoms in total. The molecule has 1 aromatic carbocycles. The largest absolute Gasteiger partial charge is 0.431 e. The summed E-state index contributed by atoms with van der Waals surface area (Å²) >= 11 is 1.09. The van der Waals surface area contributed by atoms with Gasteiger partial charge in [-0.3, -0.25) is 10.2 Å². The van der Waals surface area contributed by atoms with Crippen LogP contribution in [0.5, 0.6) is 10.9 Å². The highest BCUT2D eigenvalue weighted by atomic mass is 32.1. The Morgan fingerprint density at radius 3 is 2.94 bits per heavy atom. The van der Waals surface area contributed by atoms with Crippen LogP contribution in [0, 0.1) is 5.82 Å². The first-order valence-electron chi connectivity index (χ1n) is 4.79. The van der Waals surface area contributed by atoms with Crippen LogP contribution in [0.1, 0.15) is 10.5 Å². The van der Waals surface area contributed by atoms with Gasteiger partial charge in [-0.15, -0.1) is 0 Å². The van der Waals surface area contributed by atoms with Crippen molar-refractivity contribution in [1.29, 1.82) is 0 Å². The molecule has 1 heterocycles. The van der Waals surface area contributed by atoms with Crippen LogP contribution >= 0.6 is 11.3 Å². The summed E-state index contributed by atoms with van der Waals surface area (Å²) in [4.78, 5) is 15.0. The van der Waals surface area contributed by atoms with Gasteiger partial charge < -0.3 is 10.5 Å². The minimum absolute atomic E-state index is 0.0321. The first-order chi connectivity index (χ1) is 8.60. The topological polar surface area (TPSA) is 103 Å². The van der Waals surface area contributed by atoms with Gasteiger partial charge in [-0.25, -0.2) is 10.2 Å². The van der Waals surface area contributed by atoms with Crippen molar-refractivity contribution in [3.05, 3.63) is 35.1 Å². The van der Waals surface area contributed by atoms with Crippen LogP contribution in [0.15, 0.2) is 23.6 Å². The maximum absolute atomic E-state index is 13.2. The van der Waals surface area contributed by atoms with Crippen LogP contribution in [0.2, 0.25) is 0 Å². The number of nitrogens with zero attached hydrogens (tertiary/aromatic N) is 1. The monoisotopic (exact) mass is 268 g/mol. The number of carbonyl (C=O) groups excluding carboxylic acids is 1. The van der Waals surface area contributed by atoms with Crippen molar-refractivity contribution in [3.63, 3.8) is 0 Å². The fraction of sp³-hybridized carbons (Fsp3) is 0. The zero-order valence-corrected chi connectivity index (χ0v) is 9.83.